The molecule has 11 nitrogen and oxygen atoms in total. The summed E-state index contributed by atoms with van der Waals surface area (Å²) in [5.41, 5.74) is 2.96. The van der Waals surface area contributed by atoms with E-state index in [0.717, 1.165) is 42.8 Å². The summed E-state index contributed by atoms with van der Waals surface area (Å²) in [6, 6.07) is 5.52. The Hall–Kier alpha value is -3.76. The number of carbonyl (C=O) groups is 1. The van der Waals surface area contributed by atoms with Crippen LogP contribution >= 0.6 is 0 Å². The highest BCUT2D eigenvalue weighted by Crippen LogP contribution is 2.48. The lowest BCUT2D eigenvalue weighted by Gasteiger charge is -2.18. The van der Waals surface area contributed by atoms with Gasteiger partial charge in [0.05, 0.1) is 42.3 Å². The Morgan fingerprint density at radius 3 is 2.86 bits per heavy atom. The number of nitrogens with one attached hydrogen (secondary N) is 1. The van der Waals surface area contributed by atoms with Crippen LogP contribution in [0.25, 0.3) is 11.4 Å². The molecule has 3 aromatic rings. The normalized spacial score (nSPS) is 22.9. The Balaban J connectivity index is 1.27. The molecule has 4 unspecified atom stereocenters. The van der Waals surface area contributed by atoms with Gasteiger partial charge in [-0.05, 0) is 63.5 Å². The fraction of sp³-hybridized carbons (Fsp3) is 0.520. The van der Waals surface area contributed by atoms with Gasteiger partial charge in [-0.2, -0.15) is 4.98 Å². The summed E-state index contributed by atoms with van der Waals surface area (Å²) in [4.78, 5) is 24.9. The van der Waals surface area contributed by atoms with E-state index in [4.69, 9.17) is 14.5 Å². The third kappa shape index (κ3) is 4.82. The van der Waals surface area contributed by atoms with Crippen LogP contribution in [0.2, 0.25) is 0 Å². The molecule has 0 saturated heterocycles. The first-order valence-corrected chi connectivity index (χ1v) is 12.4. The van der Waals surface area contributed by atoms with Gasteiger partial charge in [-0.15, -0.1) is 5.10 Å². The van der Waals surface area contributed by atoms with Gasteiger partial charge in [0.25, 0.3) is 0 Å². The van der Waals surface area contributed by atoms with E-state index >= 15 is 0 Å². The Labute approximate surface area is 209 Å². The number of ether oxygens (including phenoxy) is 2. The summed E-state index contributed by atoms with van der Waals surface area (Å²) in [6.45, 7) is 4.75. The van der Waals surface area contributed by atoms with Crippen molar-refractivity contribution in [3.63, 3.8) is 0 Å². The molecule has 0 amide bonds. The SMILES string of the molecule is CCOc1ccnc(NCc2c(-c3ccc(OC4CC5CCC(C(=O)O)C5C4)c(C)n3)nnn2C)n1. The first-order valence-electron chi connectivity index (χ1n) is 12.4. The first-order chi connectivity index (χ1) is 17.4. The molecule has 11 heteroatoms. The maximum absolute atomic E-state index is 11.6. The summed E-state index contributed by atoms with van der Waals surface area (Å²) in [5.74, 6) is 1.43. The van der Waals surface area contributed by atoms with Gasteiger partial charge in [0, 0.05) is 19.3 Å². The highest BCUT2D eigenvalue weighted by atomic mass is 16.5. The fourth-order valence-corrected chi connectivity index (χ4v) is 5.52. The highest BCUT2D eigenvalue weighted by molar-refractivity contribution is 5.71. The number of anilines is 1. The summed E-state index contributed by atoms with van der Waals surface area (Å²) in [5, 5.41) is 21.2. The molecule has 0 spiro atoms. The molecule has 190 valence electrons. The Bertz CT molecular complexity index is 1250. The van der Waals surface area contributed by atoms with Crippen molar-refractivity contribution in [3.8, 4) is 23.0 Å². The molecule has 2 fully saturated rings. The average Bonchev–Trinajstić information content (AvgIpc) is 3.53. The van der Waals surface area contributed by atoms with E-state index in [1.807, 2.05) is 33.0 Å². The zero-order valence-corrected chi connectivity index (χ0v) is 20.7. The fourth-order valence-electron chi connectivity index (χ4n) is 5.52. The summed E-state index contributed by atoms with van der Waals surface area (Å²) < 4.78 is 13.4. The van der Waals surface area contributed by atoms with Gasteiger partial charge in [0.2, 0.25) is 11.8 Å². The second-order valence-corrected chi connectivity index (χ2v) is 9.45. The molecule has 0 aromatic carbocycles. The molecular formula is C25H31N7O4. The minimum Gasteiger partial charge on any atom is -0.489 e. The Kier molecular flexibility index (Phi) is 6.71. The lowest BCUT2D eigenvalue weighted by Crippen LogP contribution is -2.21. The molecule has 3 heterocycles. The zero-order chi connectivity index (χ0) is 25.2. The quantitative estimate of drug-likeness (QED) is 0.457. The van der Waals surface area contributed by atoms with Crippen LogP contribution in [0.1, 0.15) is 44.0 Å². The molecule has 4 atom stereocenters. The van der Waals surface area contributed by atoms with Gasteiger partial charge in [0.1, 0.15) is 11.4 Å². The molecule has 2 aliphatic carbocycles. The van der Waals surface area contributed by atoms with E-state index in [-0.39, 0.29) is 17.9 Å². The molecule has 3 aromatic heterocycles. The van der Waals surface area contributed by atoms with E-state index in [1.165, 1.54) is 0 Å². The van der Waals surface area contributed by atoms with E-state index in [0.29, 0.717) is 42.3 Å². The summed E-state index contributed by atoms with van der Waals surface area (Å²) >= 11 is 0. The van der Waals surface area contributed by atoms with Crippen molar-refractivity contribution in [1.29, 1.82) is 0 Å². The van der Waals surface area contributed by atoms with E-state index in [1.54, 1.807) is 16.9 Å². The number of fused-ring (bicyclic) bond motifs is 1. The van der Waals surface area contributed by atoms with Gasteiger partial charge < -0.3 is 19.9 Å². The van der Waals surface area contributed by atoms with Crippen LogP contribution in [0, 0.1) is 24.7 Å². The number of rotatable bonds is 9. The number of hydrogen-bond donors (Lipinski definition) is 2. The lowest BCUT2D eigenvalue weighted by molar-refractivity contribution is -0.143. The predicted molar refractivity (Wildman–Crippen MR) is 130 cm³/mol. The number of nitrogens with zero attached hydrogens (tertiary/aromatic N) is 6. The molecule has 2 N–H and O–H groups in total. The van der Waals surface area contributed by atoms with Crippen molar-refractivity contribution in [3.05, 3.63) is 35.8 Å². The maximum atomic E-state index is 11.6. The number of aromatic nitrogens is 6. The third-order valence-electron chi connectivity index (χ3n) is 7.24. The van der Waals surface area contributed by atoms with Crippen LogP contribution in [0.15, 0.2) is 24.4 Å². The third-order valence-corrected chi connectivity index (χ3v) is 7.24. The smallest absolute Gasteiger partial charge is 0.306 e. The van der Waals surface area contributed by atoms with Gasteiger partial charge in [0.15, 0.2) is 0 Å². The average molecular weight is 494 g/mol. The van der Waals surface area contributed by atoms with Crippen LogP contribution in [0.5, 0.6) is 11.6 Å². The van der Waals surface area contributed by atoms with Crippen LogP contribution < -0.4 is 14.8 Å². The Morgan fingerprint density at radius 2 is 2.08 bits per heavy atom. The number of aryl methyl sites for hydroxylation is 2. The molecule has 0 radical (unpaired) electrons. The van der Waals surface area contributed by atoms with E-state index in [9.17, 15) is 9.90 Å². The highest BCUT2D eigenvalue weighted by Gasteiger charge is 2.47. The number of pyridine rings is 1. The summed E-state index contributed by atoms with van der Waals surface area (Å²) in [7, 11) is 1.83. The van der Waals surface area contributed by atoms with Crippen molar-refractivity contribution in [2.24, 2.45) is 24.8 Å². The molecule has 0 bridgehead atoms. The lowest BCUT2D eigenvalue weighted by atomic mass is 9.92. The molecule has 2 aliphatic rings. The second kappa shape index (κ2) is 10.1. The molecular weight excluding hydrogens is 462 g/mol. The molecule has 2 saturated carbocycles. The van der Waals surface area contributed by atoms with Crippen LogP contribution in [0.3, 0.4) is 0 Å². The van der Waals surface area contributed by atoms with Crippen molar-refractivity contribution in [2.45, 2.75) is 52.2 Å². The van der Waals surface area contributed by atoms with Gasteiger partial charge >= 0.3 is 5.97 Å². The first kappa shape index (κ1) is 24.0. The maximum Gasteiger partial charge on any atom is 0.306 e. The number of carboxylic acid groups (broad SMARTS) is 1. The monoisotopic (exact) mass is 493 g/mol. The minimum atomic E-state index is -0.673. The molecule has 36 heavy (non-hydrogen) atoms. The van der Waals surface area contributed by atoms with Gasteiger partial charge in [-0.3, -0.25) is 4.79 Å². The minimum absolute atomic E-state index is 0.0252. The Morgan fingerprint density at radius 1 is 1.22 bits per heavy atom. The van der Waals surface area contributed by atoms with E-state index in [2.05, 4.69) is 25.6 Å². The van der Waals surface area contributed by atoms with E-state index < -0.39 is 5.97 Å². The number of aliphatic carboxylic acids is 1. The standard InChI is InChI=1S/C25H31N7O4/c1-4-35-22-9-10-26-25(29-22)27-13-20-23(30-31-32(20)3)19-7-8-21(14(2)28-19)36-16-11-15-5-6-17(24(33)34)18(15)12-16/h7-10,15-18H,4-6,11-13H2,1-3H3,(H,33,34)(H,26,27,29). The van der Waals surface area contributed by atoms with Gasteiger partial charge in [-0.1, -0.05) is 5.21 Å². The van der Waals surface area contributed by atoms with Crippen molar-refractivity contribution >= 4 is 11.9 Å². The van der Waals surface area contributed by atoms with Crippen LogP contribution in [-0.2, 0) is 18.4 Å². The largest absolute Gasteiger partial charge is 0.489 e. The number of carboxylic acids is 1. The van der Waals surface area contributed by atoms with Crippen LogP contribution in [0.4, 0.5) is 5.95 Å². The second-order valence-electron chi connectivity index (χ2n) is 9.45. The van der Waals surface area contributed by atoms with Gasteiger partial charge in [-0.25, -0.2) is 14.6 Å². The van der Waals surface area contributed by atoms with Crippen LogP contribution in [-0.4, -0.2) is 53.7 Å². The van der Waals surface area contributed by atoms with Crippen molar-refractivity contribution in [1.82, 2.24) is 29.9 Å². The van der Waals surface area contributed by atoms with Crippen molar-refractivity contribution in [2.75, 3.05) is 11.9 Å². The zero-order valence-electron chi connectivity index (χ0n) is 20.7. The topological polar surface area (TPSA) is 137 Å². The summed E-state index contributed by atoms with van der Waals surface area (Å²) in [6.07, 6.45) is 5.12. The number of hydrogen-bond acceptors (Lipinski definition) is 9. The van der Waals surface area contributed by atoms with Crippen molar-refractivity contribution < 1.29 is 19.4 Å². The molecule has 0 aliphatic heterocycles. The molecule has 5 rings (SSSR count). The predicted octanol–water partition coefficient (Wildman–Crippen LogP) is 3.25.